The van der Waals surface area contributed by atoms with Gasteiger partial charge >= 0.3 is 6.09 Å². The summed E-state index contributed by atoms with van der Waals surface area (Å²) in [6.45, 7) is 9.16. The molecule has 2 aliphatic rings. The first-order valence-corrected chi connectivity index (χ1v) is 12.5. The number of amides is 2. The summed E-state index contributed by atoms with van der Waals surface area (Å²) in [5.74, 6) is 1.32. The fourth-order valence-electron chi connectivity index (χ4n) is 4.40. The first-order valence-electron chi connectivity index (χ1n) is 12.1. The van der Waals surface area contributed by atoms with Crippen LogP contribution in [0.4, 0.5) is 16.3 Å². The van der Waals surface area contributed by atoms with Gasteiger partial charge in [0.15, 0.2) is 5.65 Å². The molecule has 2 fully saturated rings. The fraction of sp³-hybridized carbons (Fsp3) is 0.480. The Morgan fingerprint density at radius 2 is 1.94 bits per heavy atom. The van der Waals surface area contributed by atoms with Crippen molar-refractivity contribution in [2.75, 3.05) is 29.9 Å². The summed E-state index contributed by atoms with van der Waals surface area (Å²) in [5.41, 5.74) is 0.686. The highest BCUT2D eigenvalue weighted by Gasteiger charge is 2.34. The minimum absolute atomic E-state index is 0.00861. The lowest BCUT2D eigenvalue weighted by Crippen LogP contribution is -2.54. The molecule has 4 heterocycles. The van der Waals surface area contributed by atoms with E-state index in [2.05, 4.69) is 25.2 Å². The summed E-state index contributed by atoms with van der Waals surface area (Å²) in [5, 5.41) is 4.36. The molecular weight excluding hydrogens is 482 g/mol. The van der Waals surface area contributed by atoms with E-state index < -0.39 is 5.60 Å². The van der Waals surface area contributed by atoms with Crippen LogP contribution in [0.25, 0.3) is 16.9 Å². The lowest BCUT2D eigenvalue weighted by Gasteiger charge is -2.41. The van der Waals surface area contributed by atoms with Crippen molar-refractivity contribution in [1.29, 1.82) is 0 Å². The molecule has 190 valence electrons. The maximum absolute atomic E-state index is 12.7. The maximum atomic E-state index is 12.7. The van der Waals surface area contributed by atoms with Crippen molar-refractivity contribution in [1.82, 2.24) is 24.4 Å². The second-order valence-electron chi connectivity index (χ2n) is 10.4. The Balaban J connectivity index is 1.51. The normalized spacial score (nSPS) is 18.4. The van der Waals surface area contributed by atoms with Gasteiger partial charge in [-0.15, -0.1) is 0 Å². The molecule has 1 aliphatic carbocycles. The molecule has 36 heavy (non-hydrogen) atoms. The molecular formula is C25H30ClN7O3. The number of hydrogen-bond acceptors (Lipinski definition) is 7. The van der Waals surface area contributed by atoms with E-state index in [1.165, 1.54) is 6.33 Å². The molecule has 1 saturated carbocycles. The zero-order valence-electron chi connectivity index (χ0n) is 20.9. The lowest BCUT2D eigenvalue weighted by molar-refractivity contribution is -0.117. The minimum atomic E-state index is -0.553. The van der Waals surface area contributed by atoms with Gasteiger partial charge < -0.3 is 19.9 Å². The monoisotopic (exact) mass is 511 g/mol. The van der Waals surface area contributed by atoms with Crippen LogP contribution >= 0.6 is 11.6 Å². The van der Waals surface area contributed by atoms with Crippen molar-refractivity contribution in [2.24, 2.45) is 5.92 Å². The largest absolute Gasteiger partial charge is 0.444 e. The van der Waals surface area contributed by atoms with Gasteiger partial charge in [0.25, 0.3) is 0 Å². The highest BCUT2D eigenvalue weighted by Crippen LogP contribution is 2.37. The predicted molar refractivity (Wildman–Crippen MR) is 138 cm³/mol. The van der Waals surface area contributed by atoms with E-state index >= 15 is 0 Å². The molecule has 0 bridgehead atoms. The van der Waals surface area contributed by atoms with Crippen LogP contribution in [-0.4, -0.2) is 67.7 Å². The molecule has 1 saturated heterocycles. The molecule has 11 heteroatoms. The van der Waals surface area contributed by atoms with Crippen LogP contribution in [0.5, 0.6) is 0 Å². The van der Waals surface area contributed by atoms with Crippen LogP contribution in [0.1, 0.15) is 40.5 Å². The lowest BCUT2D eigenvalue weighted by atomic mass is 10.1. The Bertz CT molecular complexity index is 1310. The predicted octanol–water partition coefficient (Wildman–Crippen LogP) is 4.26. The first-order chi connectivity index (χ1) is 17.1. The van der Waals surface area contributed by atoms with Crippen molar-refractivity contribution in [3.8, 4) is 5.82 Å². The van der Waals surface area contributed by atoms with Gasteiger partial charge in [-0.2, -0.15) is 0 Å². The third-order valence-corrected chi connectivity index (χ3v) is 6.51. The van der Waals surface area contributed by atoms with E-state index in [1.54, 1.807) is 23.2 Å². The number of ether oxygens (including phenoxy) is 1. The zero-order chi connectivity index (χ0) is 25.6. The Kier molecular flexibility index (Phi) is 6.23. The van der Waals surface area contributed by atoms with Gasteiger partial charge in [0.2, 0.25) is 5.91 Å². The van der Waals surface area contributed by atoms with Gasteiger partial charge in [-0.1, -0.05) is 11.6 Å². The summed E-state index contributed by atoms with van der Waals surface area (Å²) in [6.07, 6.45) is 6.44. The number of aromatic nitrogens is 4. The number of hydrogen-bond donors (Lipinski definition) is 1. The van der Waals surface area contributed by atoms with Gasteiger partial charge in [-0.05, 0) is 46.6 Å². The third-order valence-electron chi connectivity index (χ3n) is 6.27. The van der Waals surface area contributed by atoms with Crippen molar-refractivity contribution in [3.05, 3.63) is 35.9 Å². The average molecular weight is 512 g/mol. The molecule has 3 aromatic heterocycles. The standard InChI is InChI=1S/C25H30ClN7O3/c1-15-12-31(24(35)36-25(2,3)4)9-10-32(15)21-20-18(30-23(34)16-5-6-16)13-33(22(20)29-14-28-21)19-11-17(26)7-8-27-19/h7-8,11,13-16H,5-6,9-10,12H2,1-4H3,(H,30,34)/t15-/m0/s1. The number of halogens is 1. The number of carbonyl (C=O) groups is 2. The van der Waals surface area contributed by atoms with E-state index in [0.717, 1.165) is 18.2 Å². The number of piperazine rings is 1. The Morgan fingerprint density at radius 1 is 1.17 bits per heavy atom. The highest BCUT2D eigenvalue weighted by atomic mass is 35.5. The van der Waals surface area contributed by atoms with Crippen LogP contribution < -0.4 is 10.2 Å². The molecule has 0 aromatic carbocycles. The minimum Gasteiger partial charge on any atom is -0.444 e. The van der Waals surface area contributed by atoms with E-state index in [4.69, 9.17) is 16.3 Å². The van der Waals surface area contributed by atoms with Crippen molar-refractivity contribution >= 4 is 46.1 Å². The van der Waals surface area contributed by atoms with E-state index in [-0.39, 0.29) is 24.0 Å². The molecule has 3 aromatic rings. The number of pyridine rings is 1. The van der Waals surface area contributed by atoms with Crippen molar-refractivity contribution in [3.63, 3.8) is 0 Å². The number of nitrogens with zero attached hydrogens (tertiary/aromatic N) is 6. The van der Waals surface area contributed by atoms with Gasteiger partial charge in [-0.25, -0.2) is 19.7 Å². The Labute approximate surface area is 214 Å². The van der Waals surface area contributed by atoms with Crippen LogP contribution in [0.3, 0.4) is 0 Å². The summed E-state index contributed by atoms with van der Waals surface area (Å²) in [6, 6.07) is 3.42. The highest BCUT2D eigenvalue weighted by molar-refractivity contribution is 6.30. The third kappa shape index (κ3) is 4.95. The smallest absolute Gasteiger partial charge is 0.410 e. The Hall–Kier alpha value is -3.40. The fourth-order valence-corrected chi connectivity index (χ4v) is 4.56. The number of carbonyl (C=O) groups excluding carboxylic acids is 2. The molecule has 5 rings (SSSR count). The van der Waals surface area contributed by atoms with E-state index in [1.807, 2.05) is 38.5 Å². The molecule has 0 unspecified atom stereocenters. The second kappa shape index (κ2) is 9.24. The number of rotatable bonds is 4. The van der Waals surface area contributed by atoms with Gasteiger partial charge in [0.05, 0.1) is 11.1 Å². The Morgan fingerprint density at radius 3 is 2.61 bits per heavy atom. The molecule has 0 radical (unpaired) electrons. The van der Waals surface area contributed by atoms with Crippen molar-refractivity contribution in [2.45, 2.75) is 52.2 Å². The molecule has 1 atom stereocenters. The topological polar surface area (TPSA) is 105 Å². The SMILES string of the molecule is C[C@H]1CN(C(=O)OC(C)(C)C)CCN1c1ncnc2c1c(NC(=O)C1CC1)cn2-c1cc(Cl)ccn1. The molecule has 10 nitrogen and oxygen atoms in total. The number of anilines is 2. The second-order valence-corrected chi connectivity index (χ2v) is 10.8. The number of nitrogens with one attached hydrogen (secondary N) is 1. The number of fused-ring (bicyclic) bond motifs is 1. The zero-order valence-corrected chi connectivity index (χ0v) is 21.6. The summed E-state index contributed by atoms with van der Waals surface area (Å²) in [7, 11) is 0. The average Bonchev–Trinajstić information content (AvgIpc) is 3.60. The van der Waals surface area contributed by atoms with Gasteiger partial charge in [0.1, 0.15) is 23.6 Å². The summed E-state index contributed by atoms with van der Waals surface area (Å²) >= 11 is 6.23. The summed E-state index contributed by atoms with van der Waals surface area (Å²) in [4.78, 5) is 42.9. The maximum Gasteiger partial charge on any atom is 0.410 e. The molecule has 0 spiro atoms. The van der Waals surface area contributed by atoms with Gasteiger partial charge in [-0.3, -0.25) is 9.36 Å². The van der Waals surface area contributed by atoms with Crippen molar-refractivity contribution < 1.29 is 14.3 Å². The molecule has 1 aliphatic heterocycles. The van der Waals surface area contributed by atoms with Crippen LogP contribution in [0, 0.1) is 5.92 Å². The summed E-state index contributed by atoms with van der Waals surface area (Å²) < 4.78 is 7.38. The van der Waals surface area contributed by atoms with Crippen LogP contribution in [0.15, 0.2) is 30.9 Å². The molecule has 2 amide bonds. The first kappa shape index (κ1) is 24.3. The van der Waals surface area contributed by atoms with Crippen LogP contribution in [-0.2, 0) is 9.53 Å². The molecule has 1 N–H and O–H groups in total. The van der Waals surface area contributed by atoms with Crippen LogP contribution in [0.2, 0.25) is 5.02 Å². The van der Waals surface area contributed by atoms with E-state index in [0.29, 0.717) is 47.6 Å². The quantitative estimate of drug-likeness (QED) is 0.557. The van der Waals surface area contributed by atoms with Gasteiger partial charge in [0, 0.05) is 55.1 Å². The van der Waals surface area contributed by atoms with E-state index in [9.17, 15) is 9.59 Å².